The van der Waals surface area contributed by atoms with Gasteiger partial charge in [-0.1, -0.05) is 26.7 Å². The molecule has 82 valence electrons. The first-order chi connectivity index (χ1) is 6.63. The molecule has 0 bridgehead atoms. The maximum Gasteiger partial charge on any atom is 0.307 e. The van der Waals surface area contributed by atoms with Crippen LogP contribution in [0, 0.1) is 11.8 Å². The van der Waals surface area contributed by atoms with Crippen molar-refractivity contribution in [3.05, 3.63) is 0 Å². The molecule has 0 saturated heterocycles. The summed E-state index contributed by atoms with van der Waals surface area (Å²) in [7, 11) is 0. The highest BCUT2D eigenvalue weighted by Gasteiger charge is 2.35. The standard InChI is InChI=1S/C8H12O4.C2H6/c9-7(10)5-3-1-2-4-6(5)8(11)12;1-2/h5-6H,1-4H2,(H,9,10)(H,11,12);1-2H3/t5-,6?;/m0./s1. The van der Waals surface area contributed by atoms with E-state index >= 15 is 0 Å². The number of hydrogen-bond donors (Lipinski definition) is 2. The van der Waals surface area contributed by atoms with E-state index in [4.69, 9.17) is 10.2 Å². The lowest BCUT2D eigenvalue weighted by Crippen LogP contribution is -2.32. The quantitative estimate of drug-likeness (QED) is 0.718. The second-order valence-corrected chi connectivity index (χ2v) is 3.17. The summed E-state index contributed by atoms with van der Waals surface area (Å²) >= 11 is 0. The van der Waals surface area contributed by atoms with E-state index < -0.39 is 23.8 Å². The van der Waals surface area contributed by atoms with Gasteiger partial charge in [0.05, 0.1) is 11.8 Å². The van der Waals surface area contributed by atoms with E-state index in [-0.39, 0.29) is 0 Å². The summed E-state index contributed by atoms with van der Waals surface area (Å²) in [4.78, 5) is 21.2. The molecule has 4 nitrogen and oxygen atoms in total. The van der Waals surface area contributed by atoms with Gasteiger partial charge >= 0.3 is 11.9 Å². The Morgan fingerprint density at radius 2 is 1.21 bits per heavy atom. The molecule has 0 radical (unpaired) electrons. The van der Waals surface area contributed by atoms with Gasteiger partial charge in [0.15, 0.2) is 0 Å². The third-order valence-electron chi connectivity index (χ3n) is 2.40. The largest absolute Gasteiger partial charge is 0.481 e. The fourth-order valence-electron chi connectivity index (χ4n) is 1.72. The Balaban J connectivity index is 0.000000791. The Bertz CT molecular complexity index is 178. The third kappa shape index (κ3) is 3.36. The van der Waals surface area contributed by atoms with Gasteiger partial charge in [0.25, 0.3) is 0 Å². The SMILES string of the molecule is CC.O=C(O)C1CCCC[C@@H]1C(=O)O. The molecular weight excluding hydrogens is 184 g/mol. The fourth-order valence-corrected chi connectivity index (χ4v) is 1.72. The topological polar surface area (TPSA) is 74.6 Å². The van der Waals surface area contributed by atoms with E-state index in [0.29, 0.717) is 12.8 Å². The monoisotopic (exact) mass is 202 g/mol. The fraction of sp³-hybridized carbons (Fsp3) is 0.800. The molecule has 0 aromatic rings. The van der Waals surface area contributed by atoms with Gasteiger partial charge in [0.1, 0.15) is 0 Å². The summed E-state index contributed by atoms with van der Waals surface area (Å²) in [6.45, 7) is 4.00. The van der Waals surface area contributed by atoms with E-state index in [1.165, 1.54) is 0 Å². The van der Waals surface area contributed by atoms with Crippen molar-refractivity contribution in [2.45, 2.75) is 39.5 Å². The van der Waals surface area contributed by atoms with Crippen molar-refractivity contribution < 1.29 is 19.8 Å². The van der Waals surface area contributed by atoms with E-state index in [1.54, 1.807) is 0 Å². The normalized spacial score (nSPS) is 25.9. The van der Waals surface area contributed by atoms with Crippen LogP contribution in [0.1, 0.15) is 39.5 Å². The molecule has 0 heterocycles. The molecule has 1 rings (SSSR count). The average molecular weight is 202 g/mol. The lowest BCUT2D eigenvalue weighted by atomic mass is 9.79. The maximum absolute atomic E-state index is 10.6. The molecule has 4 heteroatoms. The minimum atomic E-state index is -0.970. The van der Waals surface area contributed by atoms with Crippen molar-refractivity contribution in [3.8, 4) is 0 Å². The summed E-state index contributed by atoms with van der Waals surface area (Å²) < 4.78 is 0. The molecule has 1 aliphatic carbocycles. The van der Waals surface area contributed by atoms with Crippen LogP contribution in [0.15, 0.2) is 0 Å². The van der Waals surface area contributed by atoms with Gasteiger partial charge < -0.3 is 10.2 Å². The Morgan fingerprint density at radius 3 is 1.43 bits per heavy atom. The van der Waals surface area contributed by atoms with Crippen LogP contribution >= 0.6 is 0 Å². The van der Waals surface area contributed by atoms with Gasteiger partial charge in [-0.2, -0.15) is 0 Å². The minimum absolute atomic E-state index is 0.506. The molecular formula is C10H18O4. The lowest BCUT2D eigenvalue weighted by molar-refractivity contribution is -0.155. The molecule has 14 heavy (non-hydrogen) atoms. The van der Waals surface area contributed by atoms with Crippen molar-refractivity contribution in [1.82, 2.24) is 0 Å². The van der Waals surface area contributed by atoms with Crippen LogP contribution in [0.4, 0.5) is 0 Å². The van der Waals surface area contributed by atoms with Crippen molar-refractivity contribution in [3.63, 3.8) is 0 Å². The Hall–Kier alpha value is -1.06. The predicted molar refractivity (Wildman–Crippen MR) is 52.1 cm³/mol. The molecule has 2 atom stereocenters. The zero-order valence-corrected chi connectivity index (χ0v) is 8.69. The number of rotatable bonds is 2. The van der Waals surface area contributed by atoms with Crippen molar-refractivity contribution >= 4 is 11.9 Å². The number of carboxylic acids is 2. The Morgan fingerprint density at radius 1 is 0.929 bits per heavy atom. The van der Waals surface area contributed by atoms with E-state index in [0.717, 1.165) is 12.8 Å². The highest BCUT2D eigenvalue weighted by Crippen LogP contribution is 2.30. The Labute approximate surface area is 83.9 Å². The van der Waals surface area contributed by atoms with E-state index in [9.17, 15) is 9.59 Å². The van der Waals surface area contributed by atoms with Crippen molar-refractivity contribution in [1.29, 1.82) is 0 Å². The summed E-state index contributed by atoms with van der Waals surface area (Å²) in [6.07, 6.45) is 2.68. The van der Waals surface area contributed by atoms with Gasteiger partial charge in [-0.3, -0.25) is 9.59 Å². The zero-order valence-electron chi connectivity index (χ0n) is 8.69. The molecule has 1 unspecified atom stereocenters. The molecule has 1 aliphatic rings. The Kier molecular flexibility index (Phi) is 5.92. The van der Waals surface area contributed by atoms with Crippen LogP contribution in [0.25, 0.3) is 0 Å². The van der Waals surface area contributed by atoms with Crippen LogP contribution in [-0.2, 0) is 9.59 Å². The van der Waals surface area contributed by atoms with Gasteiger partial charge in [0.2, 0.25) is 0 Å². The number of carbonyl (C=O) groups is 2. The first-order valence-electron chi connectivity index (χ1n) is 5.08. The lowest BCUT2D eigenvalue weighted by Gasteiger charge is -2.24. The number of aliphatic carboxylic acids is 2. The third-order valence-corrected chi connectivity index (χ3v) is 2.40. The molecule has 0 aromatic heterocycles. The predicted octanol–water partition coefficient (Wildman–Crippen LogP) is 1.99. The summed E-state index contributed by atoms with van der Waals surface area (Å²) in [5.41, 5.74) is 0. The van der Waals surface area contributed by atoms with Crippen LogP contribution in [0.2, 0.25) is 0 Å². The van der Waals surface area contributed by atoms with Gasteiger partial charge in [-0.05, 0) is 12.8 Å². The highest BCUT2D eigenvalue weighted by molar-refractivity contribution is 5.80. The van der Waals surface area contributed by atoms with Crippen molar-refractivity contribution in [2.75, 3.05) is 0 Å². The van der Waals surface area contributed by atoms with Crippen LogP contribution in [-0.4, -0.2) is 22.2 Å². The first kappa shape index (κ1) is 12.9. The molecule has 1 fully saturated rings. The summed E-state index contributed by atoms with van der Waals surface area (Å²) in [6, 6.07) is 0. The second-order valence-electron chi connectivity index (χ2n) is 3.17. The van der Waals surface area contributed by atoms with Crippen LogP contribution < -0.4 is 0 Å². The van der Waals surface area contributed by atoms with Gasteiger partial charge in [0, 0.05) is 0 Å². The van der Waals surface area contributed by atoms with Crippen LogP contribution in [0.5, 0.6) is 0 Å². The number of hydrogen-bond acceptors (Lipinski definition) is 2. The molecule has 0 spiro atoms. The summed E-state index contributed by atoms with van der Waals surface area (Å²) in [5.74, 6) is -3.28. The average Bonchev–Trinajstić information content (AvgIpc) is 2.20. The van der Waals surface area contributed by atoms with Crippen LogP contribution in [0.3, 0.4) is 0 Å². The number of carboxylic acid groups (broad SMARTS) is 2. The molecule has 0 aromatic carbocycles. The van der Waals surface area contributed by atoms with E-state index in [1.807, 2.05) is 13.8 Å². The zero-order chi connectivity index (χ0) is 11.1. The molecule has 0 amide bonds. The van der Waals surface area contributed by atoms with Gasteiger partial charge in [-0.25, -0.2) is 0 Å². The molecule has 0 aliphatic heterocycles. The minimum Gasteiger partial charge on any atom is -0.481 e. The summed E-state index contributed by atoms with van der Waals surface area (Å²) in [5, 5.41) is 17.4. The highest BCUT2D eigenvalue weighted by atomic mass is 16.4. The molecule has 2 N–H and O–H groups in total. The smallest absolute Gasteiger partial charge is 0.307 e. The first-order valence-corrected chi connectivity index (χ1v) is 5.08. The van der Waals surface area contributed by atoms with E-state index in [2.05, 4.69) is 0 Å². The molecule has 1 saturated carbocycles. The van der Waals surface area contributed by atoms with Crippen molar-refractivity contribution in [2.24, 2.45) is 11.8 Å². The second kappa shape index (κ2) is 6.40. The van der Waals surface area contributed by atoms with Gasteiger partial charge in [-0.15, -0.1) is 0 Å². The maximum atomic E-state index is 10.6.